The topological polar surface area (TPSA) is 234 Å². The molecule has 13 nitrogen and oxygen atoms in total. The van der Waals surface area contributed by atoms with E-state index in [0.717, 1.165) is 0 Å². The minimum Gasteiger partial charge on any atom is -0.481 e. The fourth-order valence-corrected chi connectivity index (χ4v) is 2.82. The number of aliphatic carboxylic acids is 2. The lowest BCUT2D eigenvalue weighted by atomic mass is 10.0. The zero-order valence-corrected chi connectivity index (χ0v) is 19.2. The average molecular weight is 476 g/mol. The lowest BCUT2D eigenvalue weighted by molar-refractivity contribution is -0.143. The number of hydrogen-bond donors (Lipinski definition) is 8. The number of nitrogens with two attached hydrogens (primary N) is 2. The van der Waals surface area contributed by atoms with Crippen molar-refractivity contribution in [2.24, 2.45) is 17.4 Å². The first-order valence-electron chi connectivity index (χ1n) is 10.8. The van der Waals surface area contributed by atoms with Crippen molar-refractivity contribution in [2.75, 3.05) is 6.54 Å². The molecule has 0 aliphatic heterocycles. The van der Waals surface area contributed by atoms with Crippen LogP contribution in [-0.4, -0.2) is 81.8 Å². The highest BCUT2D eigenvalue weighted by molar-refractivity contribution is 5.94. The summed E-state index contributed by atoms with van der Waals surface area (Å²) in [5.74, 6) is -5.35. The minimum atomic E-state index is -1.35. The second-order valence-corrected chi connectivity index (χ2v) is 8.17. The van der Waals surface area contributed by atoms with E-state index in [4.69, 9.17) is 16.6 Å². The first kappa shape index (κ1) is 30.2. The van der Waals surface area contributed by atoms with Gasteiger partial charge in [-0.2, -0.15) is 0 Å². The molecule has 3 amide bonds. The van der Waals surface area contributed by atoms with E-state index in [-0.39, 0.29) is 12.8 Å². The molecule has 0 saturated carbocycles. The summed E-state index contributed by atoms with van der Waals surface area (Å²) >= 11 is 0. The molecular weight excluding hydrogens is 438 g/mol. The van der Waals surface area contributed by atoms with Crippen LogP contribution in [-0.2, 0) is 24.0 Å². The molecule has 0 radical (unpaired) electrons. The van der Waals surface area contributed by atoms with Crippen molar-refractivity contribution in [1.82, 2.24) is 16.0 Å². The smallest absolute Gasteiger partial charge is 0.326 e. The van der Waals surface area contributed by atoms with Crippen molar-refractivity contribution < 1.29 is 39.3 Å². The zero-order chi connectivity index (χ0) is 25.7. The number of carbonyl (C=O) groups excluding carboxylic acids is 3. The monoisotopic (exact) mass is 475 g/mol. The third-order valence-corrected chi connectivity index (χ3v) is 4.91. The van der Waals surface area contributed by atoms with Crippen molar-refractivity contribution in [3.63, 3.8) is 0 Å². The Bertz CT molecular complexity index is 685. The second kappa shape index (κ2) is 15.1. The van der Waals surface area contributed by atoms with E-state index in [1.54, 1.807) is 13.8 Å². The maximum absolute atomic E-state index is 12.8. The van der Waals surface area contributed by atoms with Crippen LogP contribution in [0.2, 0.25) is 0 Å². The van der Waals surface area contributed by atoms with Crippen molar-refractivity contribution >= 4 is 29.7 Å². The molecule has 13 heteroatoms. The highest BCUT2D eigenvalue weighted by Gasteiger charge is 2.32. The van der Waals surface area contributed by atoms with Crippen LogP contribution >= 0.6 is 0 Å². The Balaban J connectivity index is 5.46. The Kier molecular flexibility index (Phi) is 13.9. The van der Waals surface area contributed by atoms with Crippen molar-refractivity contribution in [3.8, 4) is 0 Å². The highest BCUT2D eigenvalue weighted by atomic mass is 16.4. The standard InChI is InChI=1S/C20H37N5O8/c1-10(2)16(25-18(30)15(22)11(3)26)19(31)23-12(7-8-14(27)28)17(29)24-13(20(32)33)6-4-5-9-21/h10-13,15-16,26H,4-9,21-22H2,1-3H3,(H,23,31)(H,24,29)(H,25,30)(H,27,28)(H,32,33). The Hall–Kier alpha value is -2.77. The highest BCUT2D eigenvalue weighted by Crippen LogP contribution is 2.08. The predicted molar refractivity (Wildman–Crippen MR) is 118 cm³/mol. The van der Waals surface area contributed by atoms with E-state index in [0.29, 0.717) is 19.4 Å². The molecule has 5 unspecified atom stereocenters. The summed E-state index contributed by atoms with van der Waals surface area (Å²) in [6.07, 6.45) is -0.807. The van der Waals surface area contributed by atoms with E-state index >= 15 is 0 Å². The van der Waals surface area contributed by atoms with E-state index in [2.05, 4.69) is 16.0 Å². The summed E-state index contributed by atoms with van der Waals surface area (Å²) in [5, 5.41) is 34.9. The van der Waals surface area contributed by atoms with Gasteiger partial charge in [-0.25, -0.2) is 4.79 Å². The Morgan fingerprint density at radius 1 is 0.818 bits per heavy atom. The molecule has 5 atom stereocenters. The Morgan fingerprint density at radius 2 is 1.39 bits per heavy atom. The van der Waals surface area contributed by atoms with Gasteiger partial charge in [-0.15, -0.1) is 0 Å². The molecule has 0 fully saturated rings. The van der Waals surface area contributed by atoms with Gasteiger partial charge in [0.05, 0.1) is 6.10 Å². The van der Waals surface area contributed by atoms with Crippen LogP contribution in [0.3, 0.4) is 0 Å². The summed E-state index contributed by atoms with van der Waals surface area (Å²) in [5.41, 5.74) is 11.0. The maximum Gasteiger partial charge on any atom is 0.326 e. The normalized spacial score (nSPS) is 15.6. The van der Waals surface area contributed by atoms with Crippen LogP contribution < -0.4 is 27.4 Å². The number of amides is 3. The number of unbranched alkanes of at least 4 members (excludes halogenated alkanes) is 1. The molecule has 0 spiro atoms. The SMILES string of the molecule is CC(C)C(NC(=O)C(N)C(C)O)C(=O)NC(CCC(=O)O)C(=O)NC(CCCCN)C(=O)O. The lowest BCUT2D eigenvalue weighted by Gasteiger charge is -2.27. The number of carboxylic acids is 2. The molecule has 0 heterocycles. The number of nitrogens with one attached hydrogen (secondary N) is 3. The van der Waals surface area contributed by atoms with E-state index in [9.17, 15) is 34.2 Å². The van der Waals surface area contributed by atoms with Crippen molar-refractivity contribution in [2.45, 2.75) is 83.1 Å². The predicted octanol–water partition coefficient (Wildman–Crippen LogP) is -2.12. The molecule has 0 aromatic heterocycles. The van der Waals surface area contributed by atoms with Crippen molar-refractivity contribution in [1.29, 1.82) is 0 Å². The van der Waals surface area contributed by atoms with Crippen LogP contribution in [0, 0.1) is 5.92 Å². The van der Waals surface area contributed by atoms with Crippen LogP contribution in [0.1, 0.15) is 52.9 Å². The largest absolute Gasteiger partial charge is 0.481 e. The van der Waals surface area contributed by atoms with Gasteiger partial charge in [-0.3, -0.25) is 19.2 Å². The Morgan fingerprint density at radius 3 is 1.85 bits per heavy atom. The molecule has 33 heavy (non-hydrogen) atoms. The maximum atomic E-state index is 12.8. The molecule has 0 aromatic rings. The number of aliphatic hydroxyl groups excluding tert-OH is 1. The van der Waals surface area contributed by atoms with Gasteiger partial charge in [0.25, 0.3) is 0 Å². The molecule has 0 bridgehead atoms. The molecule has 0 aromatic carbocycles. The molecule has 0 saturated heterocycles. The fraction of sp³-hybridized carbons (Fsp3) is 0.750. The third-order valence-electron chi connectivity index (χ3n) is 4.91. The van der Waals surface area contributed by atoms with Crippen LogP contribution in [0.25, 0.3) is 0 Å². The van der Waals surface area contributed by atoms with Gasteiger partial charge in [0.1, 0.15) is 24.2 Å². The van der Waals surface area contributed by atoms with E-state index in [1.807, 2.05) is 0 Å². The first-order valence-corrected chi connectivity index (χ1v) is 10.8. The number of rotatable bonds is 16. The third kappa shape index (κ3) is 11.6. The van der Waals surface area contributed by atoms with E-state index in [1.165, 1.54) is 6.92 Å². The Labute approximate surface area is 192 Å². The number of carbonyl (C=O) groups is 5. The first-order chi connectivity index (χ1) is 15.3. The lowest BCUT2D eigenvalue weighted by Crippen LogP contribution is -2.59. The molecular formula is C20H37N5O8. The van der Waals surface area contributed by atoms with Gasteiger partial charge < -0.3 is 42.7 Å². The number of aliphatic hydroxyl groups is 1. The zero-order valence-electron chi connectivity index (χ0n) is 19.2. The van der Waals surface area contributed by atoms with Gasteiger partial charge in [0.2, 0.25) is 17.7 Å². The molecule has 10 N–H and O–H groups in total. The molecule has 0 aliphatic rings. The quantitative estimate of drug-likeness (QED) is 0.113. The molecule has 0 aliphatic carbocycles. The van der Waals surface area contributed by atoms with Gasteiger partial charge in [0, 0.05) is 6.42 Å². The summed E-state index contributed by atoms with van der Waals surface area (Å²) in [6, 6.07) is -5.01. The number of hydrogen-bond acceptors (Lipinski definition) is 8. The molecule has 0 rings (SSSR count). The van der Waals surface area contributed by atoms with Gasteiger partial charge in [0.15, 0.2) is 0 Å². The minimum absolute atomic E-state index is 0.111. The van der Waals surface area contributed by atoms with Crippen LogP contribution in [0.5, 0.6) is 0 Å². The second-order valence-electron chi connectivity index (χ2n) is 8.17. The number of carboxylic acid groups (broad SMARTS) is 2. The average Bonchev–Trinajstić information content (AvgIpc) is 2.72. The summed E-state index contributed by atoms with van der Waals surface area (Å²) in [7, 11) is 0. The van der Waals surface area contributed by atoms with Crippen LogP contribution in [0.15, 0.2) is 0 Å². The van der Waals surface area contributed by atoms with Crippen molar-refractivity contribution in [3.05, 3.63) is 0 Å². The van der Waals surface area contributed by atoms with Gasteiger partial charge in [-0.1, -0.05) is 13.8 Å². The fourth-order valence-electron chi connectivity index (χ4n) is 2.82. The van der Waals surface area contributed by atoms with Gasteiger partial charge >= 0.3 is 11.9 Å². The molecule has 190 valence electrons. The van der Waals surface area contributed by atoms with Gasteiger partial charge in [-0.05, 0) is 45.1 Å². The summed E-state index contributed by atoms with van der Waals surface area (Å²) < 4.78 is 0. The summed E-state index contributed by atoms with van der Waals surface area (Å²) in [6.45, 7) is 4.93. The van der Waals surface area contributed by atoms with E-state index < -0.39 is 72.3 Å². The van der Waals surface area contributed by atoms with Crippen LogP contribution in [0.4, 0.5) is 0 Å². The summed E-state index contributed by atoms with van der Waals surface area (Å²) in [4.78, 5) is 60.2.